The molecule has 0 radical (unpaired) electrons. The Hall–Kier alpha value is -3.65. The molecule has 0 spiro atoms. The lowest BCUT2D eigenvalue weighted by atomic mass is 9.94. The molecule has 7 nitrogen and oxygen atoms in total. The summed E-state index contributed by atoms with van der Waals surface area (Å²) in [5, 5.41) is 13.4. The molecule has 5 rings (SSSR count). The van der Waals surface area contributed by atoms with Crippen molar-refractivity contribution in [3.8, 4) is 11.5 Å². The molecule has 2 aliphatic heterocycles. The predicted octanol–water partition coefficient (Wildman–Crippen LogP) is 4.10. The van der Waals surface area contributed by atoms with E-state index in [0.717, 1.165) is 11.3 Å². The molecule has 2 atom stereocenters. The minimum absolute atomic E-state index is 0.0299. The Bertz CT molecular complexity index is 1230. The number of fused-ring (bicyclic) bond motifs is 1. The van der Waals surface area contributed by atoms with Gasteiger partial charge in [0.25, 0.3) is 5.78 Å². The molecule has 1 amide bonds. The first kappa shape index (κ1) is 20.3. The first-order valence-corrected chi connectivity index (χ1v) is 11.0. The SMILES string of the molecule is COc1ccc([C@H]2C(=C(O)c3ccc4c(c3)C[C@H](C)O4)C(=O)C(=O)N2c2nccs2)cc1. The molecule has 162 valence electrons. The van der Waals surface area contributed by atoms with Crippen LogP contribution in [0.5, 0.6) is 11.5 Å². The van der Waals surface area contributed by atoms with Gasteiger partial charge in [-0.1, -0.05) is 12.1 Å². The van der Waals surface area contributed by atoms with E-state index < -0.39 is 17.7 Å². The van der Waals surface area contributed by atoms with Gasteiger partial charge in [0, 0.05) is 23.6 Å². The lowest BCUT2D eigenvalue weighted by molar-refractivity contribution is -0.132. The number of hydrogen-bond donors (Lipinski definition) is 1. The van der Waals surface area contributed by atoms with Gasteiger partial charge in [-0.25, -0.2) is 4.98 Å². The van der Waals surface area contributed by atoms with Crippen LogP contribution in [0.25, 0.3) is 5.76 Å². The highest BCUT2D eigenvalue weighted by Crippen LogP contribution is 2.43. The molecule has 2 aliphatic rings. The van der Waals surface area contributed by atoms with Crippen LogP contribution in [0, 0.1) is 0 Å². The molecule has 1 saturated heterocycles. The quantitative estimate of drug-likeness (QED) is 0.367. The fraction of sp³-hybridized carbons (Fsp3) is 0.208. The number of ketones is 1. The van der Waals surface area contributed by atoms with E-state index in [9.17, 15) is 14.7 Å². The molecule has 3 aromatic rings. The molecule has 8 heteroatoms. The summed E-state index contributed by atoms with van der Waals surface area (Å²) in [5.41, 5.74) is 2.12. The zero-order chi connectivity index (χ0) is 22.4. The van der Waals surface area contributed by atoms with Gasteiger partial charge in [-0.15, -0.1) is 11.3 Å². The molecule has 0 saturated carbocycles. The largest absolute Gasteiger partial charge is 0.507 e. The van der Waals surface area contributed by atoms with Crippen LogP contribution in [0.3, 0.4) is 0 Å². The lowest BCUT2D eigenvalue weighted by Gasteiger charge is -2.23. The first-order valence-electron chi connectivity index (χ1n) is 10.1. The van der Waals surface area contributed by atoms with Crippen molar-refractivity contribution in [3.63, 3.8) is 0 Å². The normalized spacial score (nSPS) is 21.5. The zero-order valence-corrected chi connectivity index (χ0v) is 18.3. The minimum atomic E-state index is -0.810. The van der Waals surface area contributed by atoms with Crippen LogP contribution in [0.15, 0.2) is 59.6 Å². The number of rotatable bonds is 4. The molecule has 3 heterocycles. The smallest absolute Gasteiger partial charge is 0.301 e. The third-order valence-electron chi connectivity index (χ3n) is 5.67. The Morgan fingerprint density at radius 1 is 1.22 bits per heavy atom. The maximum atomic E-state index is 13.1. The molecule has 0 unspecified atom stereocenters. The van der Waals surface area contributed by atoms with E-state index in [1.165, 1.54) is 16.2 Å². The maximum Gasteiger partial charge on any atom is 0.301 e. The van der Waals surface area contributed by atoms with Gasteiger partial charge in [0.2, 0.25) is 0 Å². The Morgan fingerprint density at radius 2 is 2.00 bits per heavy atom. The van der Waals surface area contributed by atoms with Gasteiger partial charge in [0.1, 0.15) is 23.4 Å². The van der Waals surface area contributed by atoms with Crippen molar-refractivity contribution in [2.24, 2.45) is 0 Å². The Kier molecular flexibility index (Phi) is 4.94. The topological polar surface area (TPSA) is 89.0 Å². The van der Waals surface area contributed by atoms with Crippen LogP contribution in [0.2, 0.25) is 0 Å². The summed E-state index contributed by atoms with van der Waals surface area (Å²) in [5.74, 6) is -0.272. The van der Waals surface area contributed by atoms with E-state index in [4.69, 9.17) is 9.47 Å². The number of aliphatic hydroxyl groups is 1. The van der Waals surface area contributed by atoms with E-state index in [0.29, 0.717) is 28.4 Å². The van der Waals surface area contributed by atoms with Crippen molar-refractivity contribution in [2.75, 3.05) is 12.0 Å². The Morgan fingerprint density at radius 3 is 2.69 bits per heavy atom. The number of Topliss-reactive ketones (excluding diaryl/α,β-unsaturated/α-hetero) is 1. The molecular weight excluding hydrogens is 428 g/mol. The number of ether oxygens (including phenoxy) is 2. The lowest BCUT2D eigenvalue weighted by Crippen LogP contribution is -2.29. The Balaban J connectivity index is 1.67. The van der Waals surface area contributed by atoms with Gasteiger partial charge >= 0.3 is 5.91 Å². The minimum Gasteiger partial charge on any atom is -0.507 e. The summed E-state index contributed by atoms with van der Waals surface area (Å²) in [6, 6.07) is 11.6. The maximum absolute atomic E-state index is 13.1. The Labute approximate surface area is 188 Å². The van der Waals surface area contributed by atoms with E-state index in [2.05, 4.69) is 4.98 Å². The van der Waals surface area contributed by atoms with Gasteiger partial charge in [-0.05, 0) is 48.4 Å². The average Bonchev–Trinajstić information content (AvgIpc) is 3.51. The number of nitrogens with zero attached hydrogens (tertiary/aromatic N) is 2. The molecule has 32 heavy (non-hydrogen) atoms. The summed E-state index contributed by atoms with van der Waals surface area (Å²) in [4.78, 5) is 31.8. The van der Waals surface area contributed by atoms with Crippen molar-refractivity contribution in [1.29, 1.82) is 0 Å². The van der Waals surface area contributed by atoms with Gasteiger partial charge in [0.15, 0.2) is 5.13 Å². The van der Waals surface area contributed by atoms with Crippen LogP contribution in [-0.2, 0) is 16.0 Å². The average molecular weight is 449 g/mol. The van der Waals surface area contributed by atoms with Crippen molar-refractivity contribution in [3.05, 3.63) is 76.3 Å². The summed E-state index contributed by atoms with van der Waals surface area (Å²) in [6.07, 6.45) is 2.34. The van der Waals surface area contributed by atoms with Crippen LogP contribution < -0.4 is 14.4 Å². The number of anilines is 1. The van der Waals surface area contributed by atoms with Crippen LogP contribution in [0.1, 0.15) is 29.7 Å². The molecule has 1 N–H and O–H groups in total. The number of benzene rings is 2. The van der Waals surface area contributed by atoms with Crippen molar-refractivity contribution < 1.29 is 24.2 Å². The number of thiazole rings is 1. The van der Waals surface area contributed by atoms with E-state index in [1.54, 1.807) is 55.1 Å². The molecule has 1 aromatic heterocycles. The summed E-state index contributed by atoms with van der Waals surface area (Å²) in [7, 11) is 1.56. The van der Waals surface area contributed by atoms with Crippen molar-refractivity contribution >= 4 is 33.9 Å². The second-order valence-electron chi connectivity index (χ2n) is 7.71. The molecule has 1 fully saturated rings. The molecule has 0 aliphatic carbocycles. The number of aromatic nitrogens is 1. The summed E-state index contributed by atoms with van der Waals surface area (Å²) >= 11 is 1.25. The second kappa shape index (κ2) is 7.80. The number of carbonyl (C=O) groups is 2. The molecule has 0 bridgehead atoms. The number of methoxy groups -OCH3 is 1. The first-order chi connectivity index (χ1) is 15.5. The third-order valence-corrected chi connectivity index (χ3v) is 6.44. The van der Waals surface area contributed by atoms with E-state index in [1.807, 2.05) is 13.0 Å². The number of amides is 1. The van der Waals surface area contributed by atoms with E-state index in [-0.39, 0.29) is 17.4 Å². The summed E-state index contributed by atoms with van der Waals surface area (Å²) < 4.78 is 11.0. The third kappa shape index (κ3) is 3.23. The van der Waals surface area contributed by atoms with Gasteiger partial charge in [-0.3, -0.25) is 14.5 Å². The van der Waals surface area contributed by atoms with Gasteiger partial charge < -0.3 is 14.6 Å². The highest BCUT2D eigenvalue weighted by Gasteiger charge is 2.48. The van der Waals surface area contributed by atoms with E-state index >= 15 is 0 Å². The molecule has 2 aromatic carbocycles. The van der Waals surface area contributed by atoms with Gasteiger partial charge in [0.05, 0.1) is 18.7 Å². The summed E-state index contributed by atoms with van der Waals surface area (Å²) in [6.45, 7) is 1.97. The highest BCUT2D eigenvalue weighted by molar-refractivity contribution is 7.14. The zero-order valence-electron chi connectivity index (χ0n) is 17.4. The standard InChI is InChI=1S/C24H20N2O5S/c1-13-11-16-12-15(5-8-18(16)31-13)21(27)19-20(14-3-6-17(30-2)7-4-14)26(23(29)22(19)28)24-25-9-10-32-24/h3-10,12-13,20,27H,11H2,1-2H3/t13-,20-/m0/s1. The fourth-order valence-electron chi connectivity index (χ4n) is 4.19. The fourth-order valence-corrected chi connectivity index (χ4v) is 4.86. The second-order valence-corrected chi connectivity index (χ2v) is 8.59. The predicted molar refractivity (Wildman–Crippen MR) is 120 cm³/mol. The monoisotopic (exact) mass is 448 g/mol. The van der Waals surface area contributed by atoms with Crippen LogP contribution in [0.4, 0.5) is 5.13 Å². The van der Waals surface area contributed by atoms with Crippen molar-refractivity contribution in [1.82, 2.24) is 4.98 Å². The van der Waals surface area contributed by atoms with Crippen LogP contribution >= 0.6 is 11.3 Å². The van der Waals surface area contributed by atoms with Gasteiger partial charge in [-0.2, -0.15) is 0 Å². The number of carbonyl (C=O) groups excluding carboxylic acids is 2. The molecular formula is C24H20N2O5S. The number of aliphatic hydroxyl groups excluding tert-OH is 1. The van der Waals surface area contributed by atoms with Crippen molar-refractivity contribution in [2.45, 2.75) is 25.5 Å². The number of hydrogen-bond acceptors (Lipinski definition) is 7. The van der Waals surface area contributed by atoms with Crippen LogP contribution in [-0.4, -0.2) is 35.0 Å². The highest BCUT2D eigenvalue weighted by atomic mass is 32.1.